The smallest absolute Gasteiger partial charge is 0.268 e. The first-order valence-electron chi connectivity index (χ1n) is 6.04. The third kappa shape index (κ3) is 1.88. The number of fused-ring (bicyclic) bond motifs is 1. The molecule has 0 aliphatic rings. The second-order valence-corrected chi connectivity index (χ2v) is 4.20. The number of hydrogen-bond donors (Lipinski definition) is 1. The lowest BCUT2D eigenvalue weighted by Gasteiger charge is -2.06. The molecule has 0 saturated carbocycles. The molecule has 0 aliphatic heterocycles. The van der Waals surface area contributed by atoms with Crippen molar-refractivity contribution < 1.29 is 0 Å². The van der Waals surface area contributed by atoms with Gasteiger partial charge in [0.1, 0.15) is 11.2 Å². The van der Waals surface area contributed by atoms with Crippen LogP contribution in [0.5, 0.6) is 0 Å². The molecular weight excluding hydrogens is 244 g/mol. The molecule has 0 aromatic carbocycles. The molecule has 3 rings (SSSR count). The van der Waals surface area contributed by atoms with Gasteiger partial charge in [0, 0.05) is 12.4 Å². The summed E-state index contributed by atoms with van der Waals surface area (Å²) in [5.74, 6) is 0.327. The van der Waals surface area contributed by atoms with E-state index in [-0.39, 0.29) is 5.56 Å². The highest BCUT2D eigenvalue weighted by Crippen LogP contribution is 2.12. The second-order valence-electron chi connectivity index (χ2n) is 4.20. The van der Waals surface area contributed by atoms with Crippen LogP contribution in [-0.2, 0) is 6.42 Å². The zero-order chi connectivity index (χ0) is 13.2. The Hall–Kier alpha value is -2.57. The van der Waals surface area contributed by atoms with E-state index >= 15 is 0 Å². The minimum absolute atomic E-state index is 0.179. The first kappa shape index (κ1) is 11.5. The number of aromatic amines is 1. The average molecular weight is 256 g/mol. The minimum atomic E-state index is -0.179. The fraction of sp³-hybridized carbons (Fsp3) is 0.250. The van der Waals surface area contributed by atoms with Gasteiger partial charge in [-0.1, -0.05) is 19.4 Å². The Balaban J connectivity index is 2.26. The molecule has 0 fully saturated rings. The van der Waals surface area contributed by atoms with E-state index in [2.05, 4.69) is 32.5 Å². The molecule has 0 saturated heterocycles. The molecule has 7 heteroatoms. The number of nitrogens with zero attached hydrogens (tertiary/aromatic N) is 5. The summed E-state index contributed by atoms with van der Waals surface area (Å²) >= 11 is 0. The van der Waals surface area contributed by atoms with E-state index in [0.29, 0.717) is 17.0 Å². The normalized spacial score (nSPS) is 11.0. The zero-order valence-corrected chi connectivity index (χ0v) is 10.4. The third-order valence-electron chi connectivity index (χ3n) is 2.93. The summed E-state index contributed by atoms with van der Waals surface area (Å²) in [5.41, 5.74) is 1.92. The predicted octanol–water partition coefficient (Wildman–Crippen LogP) is 0.827. The molecule has 96 valence electrons. The molecule has 19 heavy (non-hydrogen) atoms. The topological polar surface area (TPSA) is 88.8 Å². The van der Waals surface area contributed by atoms with E-state index in [1.165, 1.54) is 10.6 Å². The number of hydrogen-bond acceptors (Lipinski definition) is 5. The predicted molar refractivity (Wildman–Crippen MR) is 68.6 cm³/mol. The van der Waals surface area contributed by atoms with Gasteiger partial charge in [-0.05, 0) is 28.5 Å². The first-order valence-corrected chi connectivity index (χ1v) is 6.04. The number of rotatable bonds is 3. The first-order chi connectivity index (χ1) is 9.31. The largest absolute Gasteiger partial charge is 0.269 e. The highest BCUT2D eigenvalue weighted by Gasteiger charge is 2.11. The maximum absolute atomic E-state index is 12.4. The van der Waals surface area contributed by atoms with E-state index in [1.54, 1.807) is 6.20 Å². The third-order valence-corrected chi connectivity index (χ3v) is 2.93. The van der Waals surface area contributed by atoms with Crippen LogP contribution >= 0.6 is 0 Å². The van der Waals surface area contributed by atoms with Crippen LogP contribution in [0.15, 0.2) is 29.3 Å². The van der Waals surface area contributed by atoms with E-state index in [4.69, 9.17) is 0 Å². The van der Waals surface area contributed by atoms with Crippen LogP contribution in [0.2, 0.25) is 0 Å². The molecule has 7 nitrogen and oxygen atoms in total. The molecule has 0 amide bonds. The van der Waals surface area contributed by atoms with Crippen LogP contribution in [0.4, 0.5) is 0 Å². The van der Waals surface area contributed by atoms with Crippen molar-refractivity contribution in [1.82, 2.24) is 30.0 Å². The lowest BCUT2D eigenvalue weighted by atomic mass is 10.1. The molecular formula is C12H12N6O. The van der Waals surface area contributed by atoms with Gasteiger partial charge in [-0.3, -0.25) is 9.20 Å². The zero-order valence-electron chi connectivity index (χ0n) is 10.4. The molecule has 0 bridgehead atoms. The fourth-order valence-electron chi connectivity index (χ4n) is 2.06. The molecule has 1 N–H and O–H groups in total. The fourth-order valence-corrected chi connectivity index (χ4v) is 2.06. The Morgan fingerprint density at radius 1 is 1.42 bits per heavy atom. The number of aryl methyl sites for hydroxylation is 1. The van der Waals surface area contributed by atoms with Crippen molar-refractivity contribution in [2.24, 2.45) is 0 Å². The van der Waals surface area contributed by atoms with Crippen LogP contribution in [0.3, 0.4) is 0 Å². The Morgan fingerprint density at radius 2 is 2.32 bits per heavy atom. The lowest BCUT2D eigenvalue weighted by Crippen LogP contribution is -2.18. The van der Waals surface area contributed by atoms with Crippen molar-refractivity contribution in [3.8, 4) is 11.4 Å². The average Bonchev–Trinajstić information content (AvgIpc) is 2.94. The number of H-pyrrole nitrogens is 1. The van der Waals surface area contributed by atoms with Crippen molar-refractivity contribution in [2.75, 3.05) is 0 Å². The monoisotopic (exact) mass is 256 g/mol. The van der Waals surface area contributed by atoms with Crippen LogP contribution in [0, 0.1) is 0 Å². The van der Waals surface area contributed by atoms with Gasteiger partial charge in [0.25, 0.3) is 5.56 Å². The number of tetrazole rings is 1. The van der Waals surface area contributed by atoms with E-state index in [9.17, 15) is 4.79 Å². The highest BCUT2D eigenvalue weighted by atomic mass is 16.1. The van der Waals surface area contributed by atoms with Crippen molar-refractivity contribution >= 4 is 5.65 Å². The van der Waals surface area contributed by atoms with E-state index in [1.807, 2.05) is 12.1 Å². The molecule has 0 radical (unpaired) electrons. The standard InChI is InChI=1S/C12H12N6O/c1-2-4-8-5-3-6-18-11(8)13-7-9(12(18)19)10-14-16-17-15-10/h3,5-7H,2,4H2,1H3,(H,14,15,16,17). The van der Waals surface area contributed by atoms with Crippen molar-refractivity contribution in [3.05, 3.63) is 40.4 Å². The van der Waals surface area contributed by atoms with Gasteiger partial charge >= 0.3 is 0 Å². The van der Waals surface area contributed by atoms with Crippen molar-refractivity contribution in [3.63, 3.8) is 0 Å². The Labute approximate surface area is 108 Å². The van der Waals surface area contributed by atoms with Crippen molar-refractivity contribution in [1.29, 1.82) is 0 Å². The number of nitrogens with one attached hydrogen (secondary N) is 1. The van der Waals surface area contributed by atoms with E-state index in [0.717, 1.165) is 18.4 Å². The number of pyridine rings is 1. The van der Waals surface area contributed by atoms with Gasteiger partial charge in [0.15, 0.2) is 5.82 Å². The van der Waals surface area contributed by atoms with Gasteiger partial charge in [-0.2, -0.15) is 0 Å². The minimum Gasteiger partial charge on any atom is -0.268 e. The van der Waals surface area contributed by atoms with Gasteiger partial charge < -0.3 is 0 Å². The van der Waals surface area contributed by atoms with Crippen LogP contribution < -0.4 is 5.56 Å². The summed E-state index contributed by atoms with van der Waals surface area (Å²) in [6, 6.07) is 3.84. The Kier molecular flexibility index (Phi) is 2.79. The molecule has 3 aromatic rings. The summed E-state index contributed by atoms with van der Waals surface area (Å²) in [6.45, 7) is 2.09. The van der Waals surface area contributed by atoms with Gasteiger partial charge in [0.2, 0.25) is 0 Å². The van der Waals surface area contributed by atoms with Gasteiger partial charge in [-0.25, -0.2) is 10.1 Å². The SMILES string of the molecule is CCCc1cccn2c(=O)c(-c3nnn[nH]3)cnc12. The highest BCUT2D eigenvalue weighted by molar-refractivity contribution is 5.56. The maximum atomic E-state index is 12.4. The lowest BCUT2D eigenvalue weighted by molar-refractivity contribution is 0.881. The summed E-state index contributed by atoms with van der Waals surface area (Å²) in [7, 11) is 0. The Morgan fingerprint density at radius 3 is 3.05 bits per heavy atom. The summed E-state index contributed by atoms with van der Waals surface area (Å²) in [4.78, 5) is 16.8. The van der Waals surface area contributed by atoms with Gasteiger partial charge in [-0.15, -0.1) is 5.10 Å². The molecule has 0 aliphatic carbocycles. The van der Waals surface area contributed by atoms with Crippen LogP contribution in [-0.4, -0.2) is 30.0 Å². The molecule has 0 spiro atoms. The van der Waals surface area contributed by atoms with Crippen molar-refractivity contribution in [2.45, 2.75) is 19.8 Å². The van der Waals surface area contributed by atoms with Crippen LogP contribution in [0.1, 0.15) is 18.9 Å². The summed E-state index contributed by atoms with van der Waals surface area (Å²) in [5, 5.41) is 13.3. The van der Waals surface area contributed by atoms with Crippen LogP contribution in [0.25, 0.3) is 17.0 Å². The molecule has 0 unspecified atom stereocenters. The van der Waals surface area contributed by atoms with Gasteiger partial charge in [0.05, 0.1) is 0 Å². The second kappa shape index (κ2) is 4.60. The summed E-state index contributed by atoms with van der Waals surface area (Å²) in [6.07, 6.45) is 5.11. The summed E-state index contributed by atoms with van der Waals surface area (Å²) < 4.78 is 1.53. The Bertz CT molecular complexity index is 761. The van der Waals surface area contributed by atoms with E-state index < -0.39 is 0 Å². The molecule has 0 atom stereocenters. The number of aromatic nitrogens is 6. The maximum Gasteiger partial charge on any atom is 0.269 e. The molecule has 3 aromatic heterocycles. The molecule has 3 heterocycles. The quantitative estimate of drug-likeness (QED) is 0.749.